The van der Waals surface area contributed by atoms with E-state index in [2.05, 4.69) is 49.3 Å². The number of hydrogen-bond acceptors (Lipinski definition) is 2. The number of fused-ring (bicyclic) bond motifs is 3. The topological polar surface area (TPSA) is 65.2 Å². The van der Waals surface area contributed by atoms with E-state index in [1.807, 2.05) is 11.0 Å². The third-order valence-corrected chi connectivity index (χ3v) is 6.48. The van der Waals surface area contributed by atoms with Crippen LogP contribution in [0.2, 0.25) is 0 Å². The SMILES string of the molecule is CCCCCCCCCC(=O)NCC(=O)N1CCc2c([nH]c3ccccc23)C1C(C)C. The number of aromatic amines is 1. The molecule has 1 aliphatic heterocycles. The summed E-state index contributed by atoms with van der Waals surface area (Å²) in [6.45, 7) is 7.32. The van der Waals surface area contributed by atoms with Crippen molar-refractivity contribution in [3.05, 3.63) is 35.5 Å². The number of nitrogens with one attached hydrogen (secondary N) is 2. The Morgan fingerprint density at radius 1 is 1.10 bits per heavy atom. The minimum Gasteiger partial charge on any atom is -0.356 e. The van der Waals surface area contributed by atoms with Crippen molar-refractivity contribution in [3.63, 3.8) is 0 Å². The minimum atomic E-state index is -0.00804. The van der Waals surface area contributed by atoms with E-state index in [4.69, 9.17) is 0 Å². The Kier molecular flexibility index (Phi) is 8.56. The molecule has 31 heavy (non-hydrogen) atoms. The highest BCUT2D eigenvalue weighted by molar-refractivity contribution is 5.88. The monoisotopic (exact) mass is 425 g/mol. The fourth-order valence-corrected chi connectivity index (χ4v) is 4.85. The molecule has 1 unspecified atom stereocenters. The molecule has 2 heterocycles. The molecular formula is C26H39N3O2. The Balaban J connectivity index is 1.51. The first-order valence-electron chi connectivity index (χ1n) is 12.2. The first-order valence-corrected chi connectivity index (χ1v) is 12.2. The number of hydrogen-bond donors (Lipinski definition) is 2. The van der Waals surface area contributed by atoms with Crippen molar-refractivity contribution >= 4 is 22.7 Å². The van der Waals surface area contributed by atoms with Crippen molar-refractivity contribution in [1.82, 2.24) is 15.2 Å². The zero-order chi connectivity index (χ0) is 22.2. The van der Waals surface area contributed by atoms with E-state index >= 15 is 0 Å². The van der Waals surface area contributed by atoms with Crippen LogP contribution in [0.15, 0.2) is 24.3 Å². The molecule has 5 nitrogen and oxygen atoms in total. The summed E-state index contributed by atoms with van der Waals surface area (Å²) in [4.78, 5) is 30.7. The Bertz CT molecular complexity index is 871. The van der Waals surface area contributed by atoms with Gasteiger partial charge in [-0.15, -0.1) is 0 Å². The average Bonchev–Trinajstić information content (AvgIpc) is 3.14. The fraction of sp³-hybridized carbons (Fsp3) is 0.615. The molecule has 1 aliphatic rings. The second-order valence-electron chi connectivity index (χ2n) is 9.24. The van der Waals surface area contributed by atoms with E-state index in [1.54, 1.807) is 0 Å². The van der Waals surface area contributed by atoms with Crippen LogP contribution in [0.4, 0.5) is 0 Å². The van der Waals surface area contributed by atoms with Gasteiger partial charge in [0.05, 0.1) is 12.6 Å². The van der Waals surface area contributed by atoms with Gasteiger partial charge in [0.15, 0.2) is 0 Å². The zero-order valence-electron chi connectivity index (χ0n) is 19.5. The lowest BCUT2D eigenvalue weighted by molar-refractivity contribution is -0.136. The summed E-state index contributed by atoms with van der Waals surface area (Å²) in [5.74, 6) is 0.293. The van der Waals surface area contributed by atoms with Gasteiger partial charge in [-0.3, -0.25) is 9.59 Å². The summed E-state index contributed by atoms with van der Waals surface area (Å²) in [7, 11) is 0. The molecule has 0 fully saturated rings. The zero-order valence-corrected chi connectivity index (χ0v) is 19.5. The maximum atomic E-state index is 13.0. The van der Waals surface area contributed by atoms with Crippen LogP contribution in [0.1, 0.15) is 89.4 Å². The molecule has 0 bridgehead atoms. The maximum absolute atomic E-state index is 13.0. The molecule has 1 aromatic heterocycles. The number of benzene rings is 1. The normalized spacial score (nSPS) is 16.0. The number of para-hydroxylation sites is 1. The van der Waals surface area contributed by atoms with Crippen molar-refractivity contribution in [2.75, 3.05) is 13.1 Å². The number of rotatable bonds is 11. The molecule has 0 aliphatic carbocycles. The highest BCUT2D eigenvalue weighted by Crippen LogP contribution is 2.38. The molecule has 2 N–H and O–H groups in total. The van der Waals surface area contributed by atoms with Gasteiger partial charge in [-0.1, -0.05) is 77.5 Å². The summed E-state index contributed by atoms with van der Waals surface area (Å²) >= 11 is 0. The van der Waals surface area contributed by atoms with Crippen LogP contribution in [0, 0.1) is 5.92 Å². The smallest absolute Gasteiger partial charge is 0.242 e. The summed E-state index contributed by atoms with van der Waals surface area (Å²) < 4.78 is 0. The quantitative estimate of drug-likeness (QED) is 0.466. The molecule has 1 atom stereocenters. The number of aromatic nitrogens is 1. The lowest BCUT2D eigenvalue weighted by atomic mass is 9.90. The van der Waals surface area contributed by atoms with Crippen LogP contribution in [0.3, 0.4) is 0 Å². The molecule has 170 valence electrons. The van der Waals surface area contributed by atoms with Gasteiger partial charge in [-0.2, -0.15) is 0 Å². The number of unbranched alkanes of at least 4 members (excludes halogenated alkanes) is 6. The van der Waals surface area contributed by atoms with Gasteiger partial charge >= 0.3 is 0 Å². The van der Waals surface area contributed by atoms with Gasteiger partial charge in [0.25, 0.3) is 0 Å². The second kappa shape index (κ2) is 11.4. The average molecular weight is 426 g/mol. The van der Waals surface area contributed by atoms with Gasteiger partial charge in [0.1, 0.15) is 0 Å². The highest BCUT2D eigenvalue weighted by atomic mass is 16.2. The third-order valence-electron chi connectivity index (χ3n) is 6.48. The number of H-pyrrole nitrogens is 1. The van der Waals surface area contributed by atoms with E-state index in [9.17, 15) is 9.59 Å². The van der Waals surface area contributed by atoms with E-state index in [0.29, 0.717) is 18.9 Å². The molecule has 2 aromatic rings. The van der Waals surface area contributed by atoms with Crippen LogP contribution in [-0.4, -0.2) is 34.8 Å². The van der Waals surface area contributed by atoms with Crippen molar-refractivity contribution in [3.8, 4) is 0 Å². The number of carbonyl (C=O) groups is 2. The second-order valence-corrected chi connectivity index (χ2v) is 9.24. The van der Waals surface area contributed by atoms with E-state index in [1.165, 1.54) is 43.1 Å². The van der Waals surface area contributed by atoms with Gasteiger partial charge in [-0.05, 0) is 30.4 Å². The first-order chi connectivity index (χ1) is 15.0. The minimum absolute atomic E-state index is 0.00804. The van der Waals surface area contributed by atoms with E-state index < -0.39 is 0 Å². The summed E-state index contributed by atoms with van der Waals surface area (Å²) in [6, 6.07) is 8.38. The molecule has 1 aromatic carbocycles. The summed E-state index contributed by atoms with van der Waals surface area (Å²) in [5, 5.41) is 4.12. The lowest BCUT2D eigenvalue weighted by Gasteiger charge is -2.38. The summed E-state index contributed by atoms with van der Waals surface area (Å²) in [6.07, 6.45) is 9.67. The molecular weight excluding hydrogens is 386 g/mol. The highest BCUT2D eigenvalue weighted by Gasteiger charge is 2.35. The number of nitrogens with zero attached hydrogens (tertiary/aromatic N) is 1. The molecule has 3 rings (SSSR count). The maximum Gasteiger partial charge on any atom is 0.242 e. The van der Waals surface area contributed by atoms with Crippen LogP contribution in [0.25, 0.3) is 10.9 Å². The predicted octanol–water partition coefficient (Wildman–Crippen LogP) is 5.51. The summed E-state index contributed by atoms with van der Waals surface area (Å²) in [5.41, 5.74) is 3.63. The predicted molar refractivity (Wildman–Crippen MR) is 127 cm³/mol. The molecule has 0 saturated heterocycles. The molecule has 0 spiro atoms. The van der Waals surface area contributed by atoms with Crippen molar-refractivity contribution < 1.29 is 9.59 Å². The van der Waals surface area contributed by atoms with Gasteiger partial charge < -0.3 is 15.2 Å². The lowest BCUT2D eigenvalue weighted by Crippen LogP contribution is -2.46. The van der Waals surface area contributed by atoms with Crippen LogP contribution < -0.4 is 5.32 Å². The number of amides is 2. The number of carbonyl (C=O) groups excluding carboxylic acids is 2. The standard InChI is InChI=1S/C26H39N3O2/c1-4-5-6-7-8-9-10-15-23(30)27-18-24(31)29-17-16-21-20-13-11-12-14-22(20)28-25(21)26(29)19(2)3/h11-14,19,26,28H,4-10,15-18H2,1-3H3,(H,27,30). The van der Waals surface area contributed by atoms with E-state index in [-0.39, 0.29) is 24.4 Å². The van der Waals surface area contributed by atoms with Gasteiger partial charge in [0.2, 0.25) is 11.8 Å². The Morgan fingerprint density at radius 3 is 2.55 bits per heavy atom. The fourth-order valence-electron chi connectivity index (χ4n) is 4.85. The van der Waals surface area contributed by atoms with E-state index in [0.717, 1.165) is 30.5 Å². The van der Waals surface area contributed by atoms with Crippen molar-refractivity contribution in [2.24, 2.45) is 5.92 Å². The van der Waals surface area contributed by atoms with Crippen LogP contribution in [0.5, 0.6) is 0 Å². The first kappa shape index (κ1) is 23.4. The third kappa shape index (κ3) is 5.90. The van der Waals surface area contributed by atoms with Crippen molar-refractivity contribution in [1.29, 1.82) is 0 Å². The Labute approximate surface area is 187 Å². The molecule has 5 heteroatoms. The Morgan fingerprint density at radius 2 is 1.81 bits per heavy atom. The van der Waals surface area contributed by atoms with Crippen LogP contribution in [-0.2, 0) is 16.0 Å². The van der Waals surface area contributed by atoms with Gasteiger partial charge in [0, 0.05) is 29.6 Å². The molecule has 0 saturated carbocycles. The van der Waals surface area contributed by atoms with Gasteiger partial charge in [-0.25, -0.2) is 0 Å². The molecule has 0 radical (unpaired) electrons. The Hall–Kier alpha value is -2.30. The molecule has 2 amide bonds. The van der Waals surface area contributed by atoms with Crippen molar-refractivity contribution in [2.45, 2.75) is 84.6 Å². The largest absolute Gasteiger partial charge is 0.356 e. The van der Waals surface area contributed by atoms with Crippen LogP contribution >= 0.6 is 0 Å².